The Morgan fingerprint density at radius 3 is 2.78 bits per heavy atom. The average molecular weight is 338 g/mol. The van der Waals surface area contributed by atoms with E-state index in [9.17, 15) is 9.18 Å². The highest BCUT2D eigenvalue weighted by molar-refractivity contribution is 9.10. The quantitative estimate of drug-likeness (QED) is 0.867. The fraction of sp³-hybridized carbons (Fsp3) is 0.417. The molecule has 18 heavy (non-hydrogen) atoms. The predicted octanol–water partition coefficient (Wildman–Crippen LogP) is 2.95. The highest BCUT2D eigenvalue weighted by Gasteiger charge is 2.20. The maximum absolute atomic E-state index is 13.2. The Morgan fingerprint density at radius 2 is 2.17 bits per heavy atom. The van der Waals surface area contributed by atoms with Gasteiger partial charge in [-0.25, -0.2) is 4.39 Å². The fourth-order valence-corrected chi connectivity index (χ4v) is 1.74. The topological polar surface area (TPSA) is 41.1 Å². The van der Waals surface area contributed by atoms with Crippen LogP contribution in [0.2, 0.25) is 0 Å². The van der Waals surface area contributed by atoms with Gasteiger partial charge in [0.05, 0.1) is 11.0 Å². The summed E-state index contributed by atoms with van der Waals surface area (Å²) in [5, 5.41) is 5.72. The predicted molar refractivity (Wildman–Crippen MR) is 75.6 cm³/mol. The van der Waals surface area contributed by atoms with Crippen LogP contribution in [0.3, 0.4) is 0 Å². The molecular formula is C12H15BrClFN2O. The lowest BCUT2D eigenvalue weighted by Crippen LogP contribution is -2.29. The number of halogens is 3. The lowest BCUT2D eigenvalue weighted by atomic mass is 10.3. The maximum Gasteiger partial charge on any atom is 0.238 e. The van der Waals surface area contributed by atoms with Gasteiger partial charge in [-0.1, -0.05) is 0 Å². The van der Waals surface area contributed by atoms with Gasteiger partial charge in [-0.2, -0.15) is 0 Å². The number of nitrogens with one attached hydrogen (secondary N) is 2. The number of carbonyl (C=O) groups is 1. The fourth-order valence-electron chi connectivity index (χ4n) is 1.49. The Morgan fingerprint density at radius 1 is 1.44 bits per heavy atom. The van der Waals surface area contributed by atoms with Crippen molar-refractivity contribution >= 4 is 39.9 Å². The summed E-state index contributed by atoms with van der Waals surface area (Å²) in [5.41, 5.74) is 0.476. The van der Waals surface area contributed by atoms with Crippen molar-refractivity contribution in [3.63, 3.8) is 0 Å². The van der Waals surface area contributed by atoms with Crippen molar-refractivity contribution in [2.45, 2.75) is 12.8 Å². The van der Waals surface area contributed by atoms with Crippen LogP contribution in [0.15, 0.2) is 22.7 Å². The molecule has 6 heteroatoms. The van der Waals surface area contributed by atoms with Crippen LogP contribution >= 0.6 is 28.3 Å². The summed E-state index contributed by atoms with van der Waals surface area (Å²) in [6.45, 7) is 1.16. The lowest BCUT2D eigenvalue weighted by Gasteiger charge is -2.06. The van der Waals surface area contributed by atoms with Gasteiger partial charge in [0.15, 0.2) is 0 Å². The van der Waals surface area contributed by atoms with Gasteiger partial charge in [0.2, 0.25) is 5.91 Å². The molecule has 0 aliphatic heterocycles. The molecule has 3 nitrogen and oxygen atoms in total. The average Bonchev–Trinajstić information content (AvgIpc) is 3.07. The molecule has 1 aliphatic rings. The van der Waals surface area contributed by atoms with E-state index in [0.717, 1.165) is 12.5 Å². The molecule has 1 aliphatic carbocycles. The van der Waals surface area contributed by atoms with Gasteiger partial charge in [0.1, 0.15) is 5.82 Å². The third-order valence-electron chi connectivity index (χ3n) is 2.62. The summed E-state index contributed by atoms with van der Waals surface area (Å²) in [7, 11) is 0. The van der Waals surface area contributed by atoms with Gasteiger partial charge in [0, 0.05) is 5.69 Å². The molecule has 0 saturated heterocycles. The van der Waals surface area contributed by atoms with Gasteiger partial charge < -0.3 is 10.6 Å². The summed E-state index contributed by atoms with van der Waals surface area (Å²) in [6.07, 6.45) is 2.51. The SMILES string of the molecule is Cl.O=C(CNCC1CC1)Nc1ccc(Br)c(F)c1. The van der Waals surface area contributed by atoms with Crippen molar-refractivity contribution < 1.29 is 9.18 Å². The number of hydrogen-bond acceptors (Lipinski definition) is 2. The molecule has 2 N–H and O–H groups in total. The largest absolute Gasteiger partial charge is 0.325 e. The Kier molecular flexibility index (Phi) is 6.05. The van der Waals surface area contributed by atoms with Crippen LogP contribution in [-0.2, 0) is 4.79 Å². The van der Waals surface area contributed by atoms with Crippen molar-refractivity contribution in [3.05, 3.63) is 28.5 Å². The highest BCUT2D eigenvalue weighted by atomic mass is 79.9. The zero-order chi connectivity index (χ0) is 12.3. The monoisotopic (exact) mass is 336 g/mol. The van der Waals surface area contributed by atoms with Gasteiger partial charge in [-0.3, -0.25) is 4.79 Å². The van der Waals surface area contributed by atoms with Crippen molar-refractivity contribution in [1.29, 1.82) is 0 Å². The van der Waals surface area contributed by atoms with Gasteiger partial charge in [-0.15, -0.1) is 12.4 Å². The minimum Gasteiger partial charge on any atom is -0.325 e. The number of anilines is 1. The standard InChI is InChI=1S/C12H14BrFN2O.ClH/c13-10-4-3-9(5-11(10)14)16-12(17)7-15-6-8-1-2-8;/h3-5,8,15H,1-2,6-7H2,(H,16,17);1H. The second-order valence-electron chi connectivity index (χ2n) is 4.25. The van der Waals surface area contributed by atoms with Gasteiger partial charge >= 0.3 is 0 Å². The van der Waals surface area contributed by atoms with Crippen molar-refractivity contribution in [3.8, 4) is 0 Å². The van der Waals surface area contributed by atoms with E-state index in [1.165, 1.54) is 18.9 Å². The summed E-state index contributed by atoms with van der Waals surface area (Å²) >= 11 is 3.06. The van der Waals surface area contributed by atoms with E-state index < -0.39 is 0 Å². The molecule has 1 aromatic carbocycles. The highest BCUT2D eigenvalue weighted by Crippen LogP contribution is 2.27. The Bertz CT molecular complexity index is 427. The summed E-state index contributed by atoms with van der Waals surface area (Å²) in [6, 6.07) is 4.53. The molecule has 2 rings (SSSR count). The number of rotatable bonds is 5. The molecule has 1 aromatic rings. The molecule has 0 atom stereocenters. The molecule has 0 bridgehead atoms. The van der Waals surface area contributed by atoms with Crippen molar-refractivity contribution in [2.24, 2.45) is 5.92 Å². The second kappa shape index (κ2) is 7.07. The lowest BCUT2D eigenvalue weighted by molar-refractivity contribution is -0.115. The van der Waals surface area contributed by atoms with E-state index in [1.54, 1.807) is 12.1 Å². The number of hydrogen-bond donors (Lipinski definition) is 2. The molecule has 1 amide bonds. The first-order chi connectivity index (χ1) is 8.15. The molecule has 1 fully saturated rings. The van der Waals surface area contributed by atoms with Crippen LogP contribution in [0.5, 0.6) is 0 Å². The third-order valence-corrected chi connectivity index (χ3v) is 3.26. The second-order valence-corrected chi connectivity index (χ2v) is 5.11. The Hall–Kier alpha value is -0.650. The smallest absolute Gasteiger partial charge is 0.238 e. The number of amides is 1. The molecular weight excluding hydrogens is 323 g/mol. The molecule has 0 heterocycles. The Labute approximate surface area is 120 Å². The summed E-state index contributed by atoms with van der Waals surface area (Å²) in [5.74, 6) is 0.217. The number of benzene rings is 1. The zero-order valence-electron chi connectivity index (χ0n) is 9.71. The van der Waals surface area contributed by atoms with E-state index in [2.05, 4.69) is 26.6 Å². The van der Waals surface area contributed by atoms with E-state index >= 15 is 0 Å². The summed E-state index contributed by atoms with van der Waals surface area (Å²) < 4.78 is 13.6. The van der Waals surface area contributed by atoms with Crippen LogP contribution < -0.4 is 10.6 Å². The molecule has 0 spiro atoms. The molecule has 100 valence electrons. The number of carbonyl (C=O) groups excluding carboxylic acids is 1. The molecule has 0 radical (unpaired) electrons. The first kappa shape index (κ1) is 15.4. The van der Waals surface area contributed by atoms with E-state index in [1.807, 2.05) is 0 Å². The third kappa shape index (κ3) is 4.92. The molecule has 1 saturated carbocycles. The van der Waals surface area contributed by atoms with E-state index in [-0.39, 0.29) is 30.7 Å². The van der Waals surface area contributed by atoms with Crippen LogP contribution in [-0.4, -0.2) is 19.0 Å². The van der Waals surface area contributed by atoms with E-state index in [4.69, 9.17) is 0 Å². The van der Waals surface area contributed by atoms with E-state index in [0.29, 0.717) is 10.2 Å². The van der Waals surface area contributed by atoms with Crippen LogP contribution in [0.4, 0.5) is 10.1 Å². The molecule has 0 unspecified atom stereocenters. The van der Waals surface area contributed by atoms with Crippen LogP contribution in [0, 0.1) is 11.7 Å². The van der Waals surface area contributed by atoms with Crippen molar-refractivity contribution in [2.75, 3.05) is 18.4 Å². The molecule has 0 aromatic heterocycles. The Balaban J connectivity index is 0.00000162. The minimum atomic E-state index is -0.381. The first-order valence-electron chi connectivity index (χ1n) is 5.61. The van der Waals surface area contributed by atoms with Crippen LogP contribution in [0.1, 0.15) is 12.8 Å². The van der Waals surface area contributed by atoms with Crippen LogP contribution in [0.25, 0.3) is 0 Å². The van der Waals surface area contributed by atoms with Gasteiger partial charge in [-0.05, 0) is 59.4 Å². The summed E-state index contributed by atoms with van der Waals surface area (Å²) in [4.78, 5) is 11.5. The van der Waals surface area contributed by atoms with Gasteiger partial charge in [0.25, 0.3) is 0 Å². The van der Waals surface area contributed by atoms with Crippen molar-refractivity contribution in [1.82, 2.24) is 5.32 Å². The maximum atomic E-state index is 13.2. The minimum absolute atomic E-state index is 0. The first-order valence-corrected chi connectivity index (χ1v) is 6.40. The normalized spacial score (nSPS) is 13.9. The zero-order valence-corrected chi connectivity index (χ0v) is 12.1.